The number of anilines is 1. The summed E-state index contributed by atoms with van der Waals surface area (Å²) in [6, 6.07) is 7.21. The molecule has 1 aromatic heterocycles. The molecule has 2 rings (SSSR count). The number of nitrogens with one attached hydrogen (secondary N) is 2. The Bertz CT molecular complexity index is 651. The summed E-state index contributed by atoms with van der Waals surface area (Å²) in [5.74, 6) is 5.54. The van der Waals surface area contributed by atoms with E-state index in [1.54, 1.807) is 6.07 Å². The summed E-state index contributed by atoms with van der Waals surface area (Å²) in [4.78, 5) is 12.0. The molecule has 2 aromatic rings. The molecule has 0 fully saturated rings. The average Bonchev–Trinajstić information content (AvgIpc) is 2.96. The van der Waals surface area contributed by atoms with E-state index in [4.69, 9.17) is 5.11 Å². The molecule has 0 aliphatic heterocycles. The molecular formula is C15H15N3O2. The van der Waals surface area contributed by atoms with Gasteiger partial charge in [0.25, 0.3) is 5.91 Å². The largest absolute Gasteiger partial charge is 0.395 e. The Morgan fingerprint density at radius 1 is 1.45 bits per heavy atom. The van der Waals surface area contributed by atoms with Crippen LogP contribution in [-0.4, -0.2) is 27.8 Å². The molecule has 0 radical (unpaired) electrons. The Morgan fingerprint density at radius 3 is 3.00 bits per heavy atom. The fourth-order valence-corrected chi connectivity index (χ4v) is 1.66. The number of aliphatic hydroxyl groups is 1. The lowest BCUT2D eigenvalue weighted by Crippen LogP contribution is -2.13. The molecule has 5 nitrogen and oxygen atoms in total. The van der Waals surface area contributed by atoms with E-state index in [0.29, 0.717) is 17.8 Å². The van der Waals surface area contributed by atoms with Crippen LogP contribution in [0.1, 0.15) is 28.0 Å². The van der Waals surface area contributed by atoms with Crippen LogP contribution in [-0.2, 0) is 0 Å². The van der Waals surface area contributed by atoms with Crippen LogP contribution in [0, 0.1) is 18.8 Å². The van der Waals surface area contributed by atoms with Crippen LogP contribution in [0.3, 0.4) is 0 Å². The number of nitrogens with zero attached hydrogens (tertiary/aromatic N) is 1. The second kappa shape index (κ2) is 6.55. The highest BCUT2D eigenvalue weighted by molar-refractivity contribution is 6.03. The molecule has 0 unspecified atom stereocenters. The summed E-state index contributed by atoms with van der Waals surface area (Å²) in [7, 11) is 0. The van der Waals surface area contributed by atoms with Gasteiger partial charge in [-0.15, -0.1) is 0 Å². The highest BCUT2D eigenvalue weighted by atomic mass is 16.2. The summed E-state index contributed by atoms with van der Waals surface area (Å²) in [5, 5.41) is 17.9. The summed E-state index contributed by atoms with van der Waals surface area (Å²) in [6.07, 6.45) is 1.92. The second-order valence-corrected chi connectivity index (χ2v) is 4.25. The first-order valence-corrected chi connectivity index (χ1v) is 6.22. The molecule has 1 aromatic carbocycles. The van der Waals surface area contributed by atoms with Gasteiger partial charge >= 0.3 is 0 Å². The van der Waals surface area contributed by atoms with Crippen LogP contribution >= 0.6 is 0 Å². The Hall–Kier alpha value is -2.58. The van der Waals surface area contributed by atoms with Crippen LogP contribution in [0.5, 0.6) is 0 Å². The number of aryl methyl sites for hydroxylation is 1. The molecule has 20 heavy (non-hydrogen) atoms. The van der Waals surface area contributed by atoms with Gasteiger partial charge in [0.2, 0.25) is 0 Å². The van der Waals surface area contributed by atoms with E-state index in [9.17, 15) is 4.79 Å². The maximum atomic E-state index is 12.0. The number of rotatable bonds is 3. The normalized spacial score (nSPS) is 9.70. The molecule has 5 heteroatoms. The van der Waals surface area contributed by atoms with Gasteiger partial charge < -0.3 is 10.4 Å². The highest BCUT2D eigenvalue weighted by Gasteiger charge is 2.09. The predicted molar refractivity (Wildman–Crippen MR) is 76.3 cm³/mol. The molecule has 1 amide bonds. The van der Waals surface area contributed by atoms with Gasteiger partial charge in [0.05, 0.1) is 12.3 Å². The van der Waals surface area contributed by atoms with Gasteiger partial charge in [0.1, 0.15) is 5.69 Å². The molecule has 0 atom stereocenters. The number of amides is 1. The fraction of sp³-hybridized carbons (Fsp3) is 0.200. The van der Waals surface area contributed by atoms with Crippen molar-refractivity contribution >= 4 is 11.6 Å². The first-order chi connectivity index (χ1) is 9.70. The summed E-state index contributed by atoms with van der Waals surface area (Å²) in [6.45, 7) is 1.98. The molecule has 0 aliphatic rings. The SMILES string of the molecule is Cc1ccc(NC(=O)c2ccn[nH]2)c(C#CCCO)c1. The maximum absolute atomic E-state index is 12.0. The second-order valence-electron chi connectivity index (χ2n) is 4.25. The number of hydrogen-bond donors (Lipinski definition) is 3. The molecule has 3 N–H and O–H groups in total. The van der Waals surface area contributed by atoms with Crippen molar-refractivity contribution in [2.24, 2.45) is 0 Å². The number of carbonyl (C=O) groups is 1. The van der Waals surface area contributed by atoms with Gasteiger partial charge in [-0.2, -0.15) is 5.10 Å². The Labute approximate surface area is 117 Å². The molecule has 0 saturated carbocycles. The quantitative estimate of drug-likeness (QED) is 0.742. The van der Waals surface area contributed by atoms with Crippen LogP contribution < -0.4 is 5.32 Å². The van der Waals surface area contributed by atoms with E-state index in [1.807, 2.05) is 25.1 Å². The Balaban J connectivity index is 2.23. The van der Waals surface area contributed by atoms with Crippen molar-refractivity contribution < 1.29 is 9.90 Å². The monoisotopic (exact) mass is 269 g/mol. The Morgan fingerprint density at radius 2 is 2.30 bits per heavy atom. The summed E-state index contributed by atoms with van der Waals surface area (Å²) in [5.41, 5.74) is 2.81. The summed E-state index contributed by atoms with van der Waals surface area (Å²) >= 11 is 0. The zero-order valence-corrected chi connectivity index (χ0v) is 11.1. The number of H-pyrrole nitrogens is 1. The smallest absolute Gasteiger partial charge is 0.273 e. The number of carbonyl (C=O) groups excluding carboxylic acids is 1. The van der Waals surface area contributed by atoms with Gasteiger partial charge in [-0.25, -0.2) is 0 Å². The number of aromatic nitrogens is 2. The third-order valence-corrected chi connectivity index (χ3v) is 2.63. The number of hydrogen-bond acceptors (Lipinski definition) is 3. The lowest BCUT2D eigenvalue weighted by Gasteiger charge is -2.07. The molecular weight excluding hydrogens is 254 g/mol. The minimum absolute atomic E-state index is 0.0225. The van der Waals surface area contributed by atoms with E-state index in [2.05, 4.69) is 27.4 Å². The van der Waals surface area contributed by atoms with Crippen molar-refractivity contribution in [3.05, 3.63) is 47.3 Å². The zero-order chi connectivity index (χ0) is 14.4. The van der Waals surface area contributed by atoms with Gasteiger partial charge in [-0.3, -0.25) is 9.89 Å². The lowest BCUT2D eigenvalue weighted by molar-refractivity contribution is 0.102. The summed E-state index contributed by atoms with van der Waals surface area (Å²) < 4.78 is 0. The Kier molecular flexibility index (Phi) is 4.53. The fourth-order valence-electron chi connectivity index (χ4n) is 1.66. The van der Waals surface area contributed by atoms with Crippen molar-refractivity contribution in [3.8, 4) is 11.8 Å². The van der Waals surface area contributed by atoms with E-state index in [0.717, 1.165) is 11.1 Å². The topological polar surface area (TPSA) is 78.0 Å². The van der Waals surface area contributed by atoms with Crippen LogP contribution in [0.15, 0.2) is 30.5 Å². The molecule has 102 valence electrons. The zero-order valence-electron chi connectivity index (χ0n) is 11.1. The van der Waals surface area contributed by atoms with Crippen molar-refractivity contribution in [2.75, 3.05) is 11.9 Å². The van der Waals surface area contributed by atoms with Crippen LogP contribution in [0.25, 0.3) is 0 Å². The molecule has 0 saturated heterocycles. The molecule has 0 spiro atoms. The number of benzene rings is 1. The third-order valence-electron chi connectivity index (χ3n) is 2.63. The van der Waals surface area contributed by atoms with Crippen molar-refractivity contribution in [3.63, 3.8) is 0 Å². The predicted octanol–water partition coefficient (Wildman–Crippen LogP) is 1.70. The average molecular weight is 269 g/mol. The van der Waals surface area contributed by atoms with Crippen LogP contribution in [0.2, 0.25) is 0 Å². The third kappa shape index (κ3) is 3.46. The van der Waals surface area contributed by atoms with E-state index in [1.165, 1.54) is 6.20 Å². The van der Waals surface area contributed by atoms with E-state index in [-0.39, 0.29) is 12.5 Å². The minimum Gasteiger partial charge on any atom is -0.395 e. The number of aliphatic hydroxyl groups excluding tert-OH is 1. The molecule has 1 heterocycles. The maximum Gasteiger partial charge on any atom is 0.273 e. The first kappa shape index (κ1) is 13.8. The molecule has 0 aliphatic carbocycles. The van der Waals surface area contributed by atoms with Crippen molar-refractivity contribution in [1.29, 1.82) is 0 Å². The van der Waals surface area contributed by atoms with Gasteiger partial charge in [-0.1, -0.05) is 17.9 Å². The van der Waals surface area contributed by atoms with Gasteiger partial charge in [0.15, 0.2) is 0 Å². The first-order valence-electron chi connectivity index (χ1n) is 6.22. The van der Waals surface area contributed by atoms with E-state index < -0.39 is 0 Å². The highest BCUT2D eigenvalue weighted by Crippen LogP contribution is 2.17. The van der Waals surface area contributed by atoms with Crippen LogP contribution in [0.4, 0.5) is 5.69 Å². The van der Waals surface area contributed by atoms with Gasteiger partial charge in [-0.05, 0) is 30.7 Å². The number of aromatic amines is 1. The van der Waals surface area contributed by atoms with Gasteiger partial charge in [0, 0.05) is 18.2 Å². The minimum atomic E-state index is -0.267. The molecule has 0 bridgehead atoms. The standard InChI is InChI=1S/C15H15N3O2/c1-11-5-6-13(12(10-11)4-2-3-9-19)17-15(20)14-7-8-16-18-14/h5-8,10,19H,3,9H2,1H3,(H,16,18)(H,17,20). The van der Waals surface area contributed by atoms with E-state index >= 15 is 0 Å². The van der Waals surface area contributed by atoms with Crippen molar-refractivity contribution in [2.45, 2.75) is 13.3 Å². The lowest BCUT2D eigenvalue weighted by atomic mass is 10.1. The van der Waals surface area contributed by atoms with Crippen molar-refractivity contribution in [1.82, 2.24) is 10.2 Å².